The Morgan fingerprint density at radius 2 is 1.79 bits per heavy atom. The summed E-state index contributed by atoms with van der Waals surface area (Å²) in [7, 11) is 1.66. The van der Waals surface area contributed by atoms with Gasteiger partial charge in [-0.3, -0.25) is 0 Å². The van der Waals surface area contributed by atoms with E-state index in [2.05, 4.69) is 16.4 Å². The fourth-order valence-corrected chi connectivity index (χ4v) is 2.04. The zero-order chi connectivity index (χ0) is 21.3. The molecule has 1 aromatic carbocycles. The Morgan fingerprint density at radius 3 is 2.25 bits per heavy atom. The lowest BCUT2D eigenvalue weighted by atomic mass is 10.1. The number of aliphatic carboxylic acids is 1. The first-order valence-corrected chi connectivity index (χ1v) is 7.87. The highest BCUT2D eigenvalue weighted by Gasteiger charge is 2.38. The second kappa shape index (κ2) is 10.3. The van der Waals surface area contributed by atoms with Crippen LogP contribution in [0.4, 0.5) is 13.2 Å². The second-order valence-electron chi connectivity index (χ2n) is 5.58. The molecule has 2 rings (SSSR count). The summed E-state index contributed by atoms with van der Waals surface area (Å²) >= 11 is 0. The number of methoxy groups -OCH3 is 1. The van der Waals surface area contributed by atoms with Crippen LogP contribution in [0.3, 0.4) is 0 Å². The van der Waals surface area contributed by atoms with Crippen LogP contribution in [0.15, 0.2) is 36.5 Å². The molecule has 0 saturated carbocycles. The first kappa shape index (κ1) is 22.9. The van der Waals surface area contributed by atoms with Gasteiger partial charge in [0.15, 0.2) is 0 Å². The van der Waals surface area contributed by atoms with E-state index in [0.717, 1.165) is 16.9 Å². The standard InChI is InChI=1S/C16H18N2O3.C2HF3O2/c1-11-3-6-15(21-2)13(7-11)10-17-8-12-4-5-14(16(19)20)18-9-12;3-2(4,5)1(6)7/h3-7,9,17H,8,10H2,1-2H3,(H,19,20);(H,6,7). The molecule has 0 aliphatic rings. The molecule has 0 bridgehead atoms. The number of benzene rings is 1. The van der Waals surface area contributed by atoms with Crippen molar-refractivity contribution in [3.8, 4) is 5.75 Å². The molecule has 2 aromatic rings. The molecule has 0 fully saturated rings. The van der Waals surface area contributed by atoms with Crippen LogP contribution in [0.25, 0.3) is 0 Å². The zero-order valence-electron chi connectivity index (χ0n) is 15.1. The largest absolute Gasteiger partial charge is 0.496 e. The van der Waals surface area contributed by atoms with Crippen LogP contribution in [-0.2, 0) is 17.9 Å². The van der Waals surface area contributed by atoms with E-state index in [-0.39, 0.29) is 5.69 Å². The van der Waals surface area contributed by atoms with Crippen molar-refractivity contribution < 1.29 is 37.7 Å². The molecule has 0 atom stereocenters. The van der Waals surface area contributed by atoms with Gasteiger partial charge in [-0.05, 0) is 24.6 Å². The summed E-state index contributed by atoms with van der Waals surface area (Å²) in [5.74, 6) is -2.92. The third-order valence-electron chi connectivity index (χ3n) is 3.37. The predicted octanol–water partition coefficient (Wildman–Crippen LogP) is 3.02. The van der Waals surface area contributed by atoms with Crippen molar-refractivity contribution in [2.45, 2.75) is 26.2 Å². The van der Waals surface area contributed by atoms with Crippen molar-refractivity contribution in [1.29, 1.82) is 0 Å². The van der Waals surface area contributed by atoms with Gasteiger partial charge in [0.1, 0.15) is 11.4 Å². The van der Waals surface area contributed by atoms with Crippen LogP contribution >= 0.6 is 0 Å². The topological polar surface area (TPSA) is 109 Å². The van der Waals surface area contributed by atoms with Gasteiger partial charge in [-0.1, -0.05) is 23.8 Å². The Kier molecular flexibility index (Phi) is 8.39. The van der Waals surface area contributed by atoms with Gasteiger partial charge >= 0.3 is 18.1 Å². The summed E-state index contributed by atoms with van der Waals surface area (Å²) in [6.07, 6.45) is -3.51. The van der Waals surface area contributed by atoms with Gasteiger partial charge in [-0.15, -0.1) is 0 Å². The summed E-state index contributed by atoms with van der Waals surface area (Å²) in [6.45, 7) is 3.33. The van der Waals surface area contributed by atoms with Gasteiger partial charge in [0.25, 0.3) is 0 Å². The first-order valence-electron chi connectivity index (χ1n) is 7.87. The van der Waals surface area contributed by atoms with Gasteiger partial charge in [0.2, 0.25) is 0 Å². The molecule has 0 aliphatic heterocycles. The lowest BCUT2D eigenvalue weighted by Crippen LogP contribution is -2.21. The number of aromatic carboxylic acids is 1. The van der Waals surface area contributed by atoms with E-state index in [4.69, 9.17) is 19.7 Å². The minimum atomic E-state index is -5.08. The van der Waals surface area contributed by atoms with Crippen LogP contribution in [0.5, 0.6) is 5.75 Å². The second-order valence-corrected chi connectivity index (χ2v) is 5.58. The van der Waals surface area contributed by atoms with Crippen molar-refractivity contribution >= 4 is 11.9 Å². The van der Waals surface area contributed by atoms with E-state index in [1.54, 1.807) is 19.4 Å². The molecule has 0 spiro atoms. The van der Waals surface area contributed by atoms with E-state index >= 15 is 0 Å². The zero-order valence-corrected chi connectivity index (χ0v) is 15.1. The number of hydrogen-bond acceptors (Lipinski definition) is 5. The molecule has 0 saturated heterocycles. The van der Waals surface area contributed by atoms with Crippen LogP contribution in [0.1, 0.15) is 27.2 Å². The van der Waals surface area contributed by atoms with Crippen molar-refractivity contribution in [2.75, 3.05) is 7.11 Å². The van der Waals surface area contributed by atoms with E-state index in [9.17, 15) is 18.0 Å². The van der Waals surface area contributed by atoms with E-state index in [1.807, 2.05) is 19.1 Å². The fourth-order valence-electron chi connectivity index (χ4n) is 2.04. The Labute approximate surface area is 158 Å². The summed E-state index contributed by atoms with van der Waals surface area (Å²) < 4.78 is 37.1. The maximum absolute atomic E-state index is 10.7. The number of carboxylic acids is 2. The Bertz CT molecular complexity index is 808. The molecule has 152 valence electrons. The van der Waals surface area contributed by atoms with Gasteiger partial charge in [0.05, 0.1) is 7.11 Å². The highest BCUT2D eigenvalue weighted by Crippen LogP contribution is 2.19. The van der Waals surface area contributed by atoms with Crippen LogP contribution in [-0.4, -0.2) is 40.4 Å². The fraction of sp³-hybridized carbons (Fsp3) is 0.278. The summed E-state index contributed by atoms with van der Waals surface area (Å²) in [5.41, 5.74) is 3.26. The quantitative estimate of drug-likeness (QED) is 0.684. The molecule has 0 amide bonds. The molecule has 28 heavy (non-hydrogen) atoms. The van der Waals surface area contributed by atoms with E-state index in [1.165, 1.54) is 11.6 Å². The van der Waals surface area contributed by atoms with Gasteiger partial charge in [-0.2, -0.15) is 13.2 Å². The molecule has 1 heterocycles. The number of ether oxygens (including phenoxy) is 1. The minimum absolute atomic E-state index is 0.0547. The van der Waals surface area contributed by atoms with E-state index < -0.39 is 18.1 Å². The number of aromatic nitrogens is 1. The molecule has 10 heteroatoms. The predicted molar refractivity (Wildman–Crippen MR) is 93.2 cm³/mol. The number of nitrogens with one attached hydrogen (secondary N) is 1. The summed E-state index contributed by atoms with van der Waals surface area (Å²) in [5, 5.41) is 19.2. The Balaban J connectivity index is 0.000000480. The first-order chi connectivity index (χ1) is 13.0. The molecular formula is C18H19F3N2O5. The molecule has 0 radical (unpaired) electrons. The lowest BCUT2D eigenvalue weighted by Gasteiger charge is -2.10. The van der Waals surface area contributed by atoms with Crippen molar-refractivity contribution in [1.82, 2.24) is 10.3 Å². The van der Waals surface area contributed by atoms with Crippen molar-refractivity contribution in [3.05, 3.63) is 58.9 Å². The molecular weight excluding hydrogens is 381 g/mol. The molecule has 1 aromatic heterocycles. The third kappa shape index (κ3) is 7.62. The third-order valence-corrected chi connectivity index (χ3v) is 3.37. The Morgan fingerprint density at radius 1 is 1.14 bits per heavy atom. The normalized spacial score (nSPS) is 10.6. The summed E-state index contributed by atoms with van der Waals surface area (Å²) in [6, 6.07) is 9.31. The average Bonchev–Trinajstić information content (AvgIpc) is 2.62. The van der Waals surface area contributed by atoms with Crippen molar-refractivity contribution in [3.63, 3.8) is 0 Å². The summed E-state index contributed by atoms with van der Waals surface area (Å²) in [4.78, 5) is 23.5. The number of pyridine rings is 1. The van der Waals surface area contributed by atoms with Crippen molar-refractivity contribution in [2.24, 2.45) is 0 Å². The maximum Gasteiger partial charge on any atom is 0.490 e. The molecule has 3 N–H and O–H groups in total. The number of carboxylic acid groups (broad SMARTS) is 2. The van der Waals surface area contributed by atoms with Gasteiger partial charge in [0, 0.05) is 24.8 Å². The number of nitrogens with zero attached hydrogens (tertiary/aromatic N) is 1. The smallest absolute Gasteiger partial charge is 0.490 e. The number of carbonyl (C=O) groups is 2. The monoisotopic (exact) mass is 400 g/mol. The SMILES string of the molecule is COc1ccc(C)cc1CNCc1ccc(C(=O)O)nc1.O=C(O)C(F)(F)F. The average molecular weight is 400 g/mol. The van der Waals surface area contributed by atoms with E-state index in [0.29, 0.717) is 13.1 Å². The lowest BCUT2D eigenvalue weighted by molar-refractivity contribution is -0.192. The maximum atomic E-state index is 10.7. The number of halogens is 3. The van der Waals surface area contributed by atoms with Gasteiger partial charge in [-0.25, -0.2) is 14.6 Å². The van der Waals surface area contributed by atoms with Crippen LogP contribution in [0.2, 0.25) is 0 Å². The highest BCUT2D eigenvalue weighted by molar-refractivity contribution is 5.85. The minimum Gasteiger partial charge on any atom is -0.496 e. The number of alkyl halides is 3. The van der Waals surface area contributed by atoms with Crippen LogP contribution < -0.4 is 10.1 Å². The highest BCUT2D eigenvalue weighted by atomic mass is 19.4. The number of hydrogen-bond donors (Lipinski definition) is 3. The number of rotatable bonds is 6. The molecule has 0 unspecified atom stereocenters. The Hall–Kier alpha value is -3.14. The number of aryl methyl sites for hydroxylation is 1. The molecule has 7 nitrogen and oxygen atoms in total. The van der Waals surface area contributed by atoms with Crippen LogP contribution in [0, 0.1) is 6.92 Å². The molecule has 0 aliphatic carbocycles. The van der Waals surface area contributed by atoms with Gasteiger partial charge < -0.3 is 20.3 Å².